The second-order valence-electron chi connectivity index (χ2n) is 9.91. The van der Waals surface area contributed by atoms with E-state index in [1.165, 1.54) is 44.9 Å². The predicted molar refractivity (Wildman–Crippen MR) is 150 cm³/mol. The topological polar surface area (TPSA) is 89.9 Å². The number of unbranched alkanes of at least 4 members (excludes halogenated alkanes) is 13. The Morgan fingerprint density at radius 3 is 1.62 bits per heavy atom. The smallest absolute Gasteiger partial charge is 0.305 e. The number of esters is 2. The highest BCUT2D eigenvalue weighted by Crippen LogP contribution is 2.10. The summed E-state index contributed by atoms with van der Waals surface area (Å²) in [6.07, 6.45) is 24.8. The van der Waals surface area contributed by atoms with Crippen molar-refractivity contribution in [3.05, 3.63) is 24.3 Å². The van der Waals surface area contributed by atoms with Crippen LogP contribution in [0.4, 0.5) is 0 Å². The highest BCUT2D eigenvalue weighted by Gasteiger charge is 2.12. The molecule has 0 aliphatic rings. The van der Waals surface area contributed by atoms with E-state index in [9.17, 15) is 19.5 Å². The van der Waals surface area contributed by atoms with Gasteiger partial charge in [0.15, 0.2) is 5.78 Å². The first-order valence-corrected chi connectivity index (χ1v) is 14.8. The van der Waals surface area contributed by atoms with E-state index >= 15 is 0 Å². The summed E-state index contributed by atoms with van der Waals surface area (Å²) in [6.45, 7) is 4.07. The van der Waals surface area contributed by atoms with Gasteiger partial charge in [-0.3, -0.25) is 14.4 Å². The lowest BCUT2D eigenvalue weighted by atomic mass is 10.1. The molecule has 0 rings (SSSR count). The third-order valence-corrected chi connectivity index (χ3v) is 6.17. The van der Waals surface area contributed by atoms with Crippen LogP contribution in [0.2, 0.25) is 0 Å². The van der Waals surface area contributed by atoms with Crippen molar-refractivity contribution in [3.63, 3.8) is 0 Å². The summed E-state index contributed by atoms with van der Waals surface area (Å²) in [5.41, 5.74) is 0. The van der Waals surface area contributed by atoms with Crippen LogP contribution in [0, 0.1) is 0 Å². The SMILES string of the molecule is CCCCC/C=C\C=C\C(=O)CCCCCCCC(=O)OC[C@H](O)COC(=O)CCCCCCCCC. The van der Waals surface area contributed by atoms with Crippen LogP contribution in [0.3, 0.4) is 0 Å². The second-order valence-corrected chi connectivity index (χ2v) is 9.91. The highest BCUT2D eigenvalue weighted by molar-refractivity contribution is 5.89. The van der Waals surface area contributed by atoms with Gasteiger partial charge in [0.2, 0.25) is 0 Å². The molecule has 0 aliphatic heterocycles. The van der Waals surface area contributed by atoms with Crippen molar-refractivity contribution >= 4 is 17.7 Å². The fourth-order valence-corrected chi connectivity index (χ4v) is 3.83. The Bertz CT molecular complexity index is 625. The van der Waals surface area contributed by atoms with E-state index in [-0.39, 0.29) is 30.9 Å². The summed E-state index contributed by atoms with van der Waals surface area (Å²) >= 11 is 0. The zero-order valence-corrected chi connectivity index (χ0v) is 23.7. The minimum absolute atomic E-state index is 0.147. The van der Waals surface area contributed by atoms with Crippen molar-refractivity contribution in [3.8, 4) is 0 Å². The Morgan fingerprint density at radius 1 is 0.622 bits per heavy atom. The highest BCUT2D eigenvalue weighted by atomic mass is 16.6. The van der Waals surface area contributed by atoms with Gasteiger partial charge in [0.25, 0.3) is 0 Å². The Kier molecular flexibility index (Phi) is 25.7. The maximum Gasteiger partial charge on any atom is 0.305 e. The molecule has 0 radical (unpaired) electrons. The first-order valence-electron chi connectivity index (χ1n) is 14.8. The summed E-state index contributed by atoms with van der Waals surface area (Å²) in [5.74, 6) is -0.508. The van der Waals surface area contributed by atoms with E-state index in [2.05, 4.69) is 19.9 Å². The van der Waals surface area contributed by atoms with Crippen LogP contribution in [0.15, 0.2) is 24.3 Å². The van der Waals surface area contributed by atoms with Gasteiger partial charge in [0, 0.05) is 19.3 Å². The largest absolute Gasteiger partial charge is 0.463 e. The van der Waals surface area contributed by atoms with E-state index in [1.54, 1.807) is 6.08 Å². The third kappa shape index (κ3) is 26.9. The van der Waals surface area contributed by atoms with Crippen LogP contribution >= 0.6 is 0 Å². The average Bonchev–Trinajstić information content (AvgIpc) is 2.89. The molecular weight excluding hydrogens is 468 g/mol. The van der Waals surface area contributed by atoms with Gasteiger partial charge in [0.1, 0.15) is 19.3 Å². The lowest BCUT2D eigenvalue weighted by Crippen LogP contribution is -2.25. The Morgan fingerprint density at radius 2 is 1.08 bits per heavy atom. The number of hydrogen-bond acceptors (Lipinski definition) is 6. The minimum atomic E-state index is -0.995. The summed E-state index contributed by atoms with van der Waals surface area (Å²) < 4.78 is 10.1. The summed E-state index contributed by atoms with van der Waals surface area (Å²) in [6, 6.07) is 0. The van der Waals surface area contributed by atoms with E-state index in [1.807, 2.05) is 12.2 Å². The molecule has 0 amide bonds. The Labute approximate surface area is 226 Å². The maximum absolute atomic E-state index is 11.8. The molecule has 0 saturated carbocycles. The van der Waals surface area contributed by atoms with Crippen molar-refractivity contribution in [2.45, 2.75) is 142 Å². The van der Waals surface area contributed by atoms with Crippen molar-refractivity contribution in [2.24, 2.45) is 0 Å². The molecule has 0 aromatic rings. The number of ether oxygens (including phenoxy) is 2. The van der Waals surface area contributed by atoms with Gasteiger partial charge in [-0.1, -0.05) is 103 Å². The van der Waals surface area contributed by atoms with Crippen molar-refractivity contribution in [2.75, 3.05) is 13.2 Å². The van der Waals surface area contributed by atoms with Gasteiger partial charge in [0.05, 0.1) is 0 Å². The molecule has 0 bridgehead atoms. The molecule has 0 aliphatic carbocycles. The number of carbonyl (C=O) groups excluding carboxylic acids is 3. The quantitative estimate of drug-likeness (QED) is 0.0545. The molecule has 1 atom stereocenters. The van der Waals surface area contributed by atoms with Gasteiger partial charge >= 0.3 is 11.9 Å². The molecule has 37 heavy (non-hydrogen) atoms. The molecular formula is C31H54O6. The summed E-state index contributed by atoms with van der Waals surface area (Å²) in [4.78, 5) is 35.4. The van der Waals surface area contributed by atoms with Gasteiger partial charge in [-0.05, 0) is 38.2 Å². The fraction of sp³-hybridized carbons (Fsp3) is 0.774. The van der Waals surface area contributed by atoms with Crippen LogP contribution in [-0.2, 0) is 23.9 Å². The van der Waals surface area contributed by atoms with Crippen LogP contribution in [0.5, 0.6) is 0 Å². The number of ketones is 1. The van der Waals surface area contributed by atoms with Crippen molar-refractivity contribution < 1.29 is 29.0 Å². The number of carbonyl (C=O) groups is 3. The standard InChI is InChI=1S/C31H54O6/c1-3-5-7-9-11-14-18-22-28(32)23-19-15-13-17-21-25-31(35)37-27-29(33)26-36-30(34)24-20-16-12-10-8-6-4-2/h11,14,18,22,29,33H,3-10,12-13,15-17,19-21,23-27H2,1-2H3/b14-11-,22-18+/t29-/m1/s1. The summed E-state index contributed by atoms with van der Waals surface area (Å²) in [7, 11) is 0. The first-order chi connectivity index (χ1) is 18.0. The normalized spacial score (nSPS) is 12.3. The van der Waals surface area contributed by atoms with E-state index < -0.39 is 6.10 Å². The second kappa shape index (κ2) is 27.1. The van der Waals surface area contributed by atoms with Crippen molar-refractivity contribution in [1.29, 1.82) is 0 Å². The Hall–Kier alpha value is -1.95. The number of rotatable bonds is 26. The fourth-order valence-electron chi connectivity index (χ4n) is 3.83. The number of aliphatic hydroxyl groups excluding tert-OH is 1. The molecule has 0 aromatic heterocycles. The lowest BCUT2D eigenvalue weighted by Gasteiger charge is -2.12. The third-order valence-electron chi connectivity index (χ3n) is 6.17. The van der Waals surface area contributed by atoms with Crippen molar-refractivity contribution in [1.82, 2.24) is 0 Å². The molecule has 6 heteroatoms. The number of allylic oxidation sites excluding steroid dienone is 4. The van der Waals surface area contributed by atoms with Crippen LogP contribution in [0.1, 0.15) is 136 Å². The van der Waals surface area contributed by atoms with Gasteiger partial charge in [-0.2, -0.15) is 0 Å². The lowest BCUT2D eigenvalue weighted by molar-refractivity contribution is -0.152. The molecule has 214 valence electrons. The van der Waals surface area contributed by atoms with Gasteiger partial charge < -0.3 is 14.6 Å². The molecule has 0 fully saturated rings. The van der Waals surface area contributed by atoms with Crippen LogP contribution < -0.4 is 0 Å². The Balaban J connectivity index is 3.58. The number of hydrogen-bond donors (Lipinski definition) is 1. The van der Waals surface area contributed by atoms with E-state index in [0.717, 1.165) is 57.8 Å². The first kappa shape index (κ1) is 35.0. The maximum atomic E-state index is 11.8. The predicted octanol–water partition coefficient (Wildman–Crippen LogP) is 7.57. The van der Waals surface area contributed by atoms with Gasteiger partial charge in [-0.25, -0.2) is 0 Å². The van der Waals surface area contributed by atoms with Gasteiger partial charge in [-0.15, -0.1) is 0 Å². The minimum Gasteiger partial charge on any atom is -0.463 e. The summed E-state index contributed by atoms with van der Waals surface area (Å²) in [5, 5.41) is 9.87. The molecule has 0 unspecified atom stereocenters. The molecule has 0 saturated heterocycles. The average molecular weight is 523 g/mol. The van der Waals surface area contributed by atoms with Crippen LogP contribution in [0.25, 0.3) is 0 Å². The van der Waals surface area contributed by atoms with Crippen LogP contribution in [-0.4, -0.2) is 42.1 Å². The molecule has 6 nitrogen and oxygen atoms in total. The van der Waals surface area contributed by atoms with E-state index in [0.29, 0.717) is 19.3 Å². The molecule has 1 N–H and O–H groups in total. The number of aliphatic hydroxyl groups is 1. The van der Waals surface area contributed by atoms with E-state index in [4.69, 9.17) is 9.47 Å². The zero-order valence-electron chi connectivity index (χ0n) is 23.7. The molecule has 0 heterocycles. The molecule has 0 spiro atoms. The monoisotopic (exact) mass is 522 g/mol. The molecule has 0 aromatic carbocycles. The zero-order chi connectivity index (χ0) is 27.4.